The molecule has 1 N–H and O–H groups in total. The van der Waals surface area contributed by atoms with Gasteiger partial charge in [0.2, 0.25) is 0 Å². The van der Waals surface area contributed by atoms with Crippen molar-refractivity contribution >= 4 is 16.7 Å². The number of carbonyl (C=O) groups is 1. The number of benzene rings is 2. The fraction of sp³-hybridized carbons (Fsp3) is 0.409. The second-order valence-corrected chi connectivity index (χ2v) is 8.61. The van der Waals surface area contributed by atoms with Gasteiger partial charge in [-0.1, -0.05) is 43.3 Å². The van der Waals surface area contributed by atoms with Gasteiger partial charge in [-0.05, 0) is 41.7 Å². The Morgan fingerprint density at radius 2 is 1.96 bits per heavy atom. The first-order valence-electron chi connectivity index (χ1n) is 9.54. The molecule has 1 aliphatic heterocycles. The van der Waals surface area contributed by atoms with E-state index < -0.39 is 10.8 Å². The Labute approximate surface area is 164 Å². The van der Waals surface area contributed by atoms with Crippen LogP contribution in [0.25, 0.3) is 0 Å². The summed E-state index contributed by atoms with van der Waals surface area (Å²) in [5, 5.41) is 3.10. The zero-order chi connectivity index (χ0) is 19.2. The van der Waals surface area contributed by atoms with Gasteiger partial charge in [0.25, 0.3) is 5.91 Å². The average Bonchev–Trinajstić information content (AvgIpc) is 2.68. The molecule has 0 saturated carbocycles. The molecule has 1 amide bonds. The summed E-state index contributed by atoms with van der Waals surface area (Å²) < 4.78 is 11.4. The molecule has 0 aliphatic carbocycles. The Morgan fingerprint density at radius 3 is 2.70 bits per heavy atom. The lowest BCUT2D eigenvalue weighted by molar-refractivity contribution is 0.0926. The van der Waals surface area contributed by atoms with Gasteiger partial charge in [-0.2, -0.15) is 0 Å². The van der Waals surface area contributed by atoms with Crippen LogP contribution in [0.1, 0.15) is 40.4 Å². The molecule has 2 unspecified atom stereocenters. The summed E-state index contributed by atoms with van der Waals surface area (Å²) in [5.41, 5.74) is 4.41. The fourth-order valence-corrected chi connectivity index (χ4v) is 4.36. The first-order chi connectivity index (χ1) is 13.1. The summed E-state index contributed by atoms with van der Waals surface area (Å²) in [6, 6.07) is 16.4. The van der Waals surface area contributed by atoms with Gasteiger partial charge in [-0.3, -0.25) is 13.9 Å². The van der Waals surface area contributed by atoms with Gasteiger partial charge >= 0.3 is 0 Å². The van der Waals surface area contributed by atoms with Crippen molar-refractivity contribution < 1.29 is 9.00 Å². The van der Waals surface area contributed by atoms with Crippen molar-refractivity contribution in [2.45, 2.75) is 38.1 Å². The highest BCUT2D eigenvalue weighted by atomic mass is 32.2. The predicted octanol–water partition coefficient (Wildman–Crippen LogP) is 3.13. The average molecular weight is 385 g/mol. The second kappa shape index (κ2) is 9.29. The molecule has 2 atom stereocenters. The number of carbonyl (C=O) groups excluding carboxylic acids is 1. The molecule has 1 aliphatic rings. The highest BCUT2D eigenvalue weighted by molar-refractivity contribution is 7.83. The largest absolute Gasteiger partial charge is 0.350 e. The van der Waals surface area contributed by atoms with Crippen molar-refractivity contribution in [3.05, 3.63) is 70.8 Å². The van der Waals surface area contributed by atoms with Gasteiger partial charge in [-0.25, -0.2) is 0 Å². The molecule has 0 aromatic heterocycles. The Bertz CT molecular complexity index is 821. The van der Waals surface area contributed by atoms with Crippen LogP contribution < -0.4 is 5.32 Å². The van der Waals surface area contributed by atoms with Crippen LogP contribution >= 0.6 is 0 Å². The van der Waals surface area contributed by atoms with E-state index in [0.717, 1.165) is 31.5 Å². The van der Waals surface area contributed by atoms with E-state index in [0.29, 0.717) is 23.9 Å². The maximum Gasteiger partial charge on any atom is 0.251 e. The van der Waals surface area contributed by atoms with Crippen LogP contribution in [0.3, 0.4) is 0 Å². The zero-order valence-electron chi connectivity index (χ0n) is 16.1. The molecule has 0 bridgehead atoms. The van der Waals surface area contributed by atoms with Crippen molar-refractivity contribution in [3.8, 4) is 0 Å². The van der Waals surface area contributed by atoms with E-state index in [1.807, 2.05) is 24.3 Å². The maximum atomic E-state index is 12.6. The Kier molecular flexibility index (Phi) is 6.80. The highest BCUT2D eigenvalue weighted by Gasteiger charge is 2.22. The van der Waals surface area contributed by atoms with Gasteiger partial charge in [0.05, 0.1) is 0 Å². The van der Waals surface area contributed by atoms with E-state index in [1.54, 1.807) is 6.26 Å². The molecule has 2 aromatic rings. The number of rotatable bonds is 7. The summed E-state index contributed by atoms with van der Waals surface area (Å²) in [6.07, 6.45) is 3.74. The molecule has 3 rings (SSSR count). The van der Waals surface area contributed by atoms with Gasteiger partial charge in [0, 0.05) is 54.0 Å². The molecule has 0 saturated heterocycles. The minimum Gasteiger partial charge on any atom is -0.350 e. The maximum absolute atomic E-state index is 12.6. The molecule has 27 heavy (non-hydrogen) atoms. The van der Waals surface area contributed by atoms with Crippen LogP contribution in [-0.2, 0) is 29.5 Å². The lowest BCUT2D eigenvalue weighted by Crippen LogP contribution is -2.45. The SMILES string of the molecule is CCC(CNC(=O)c1cccc(CS(C)=O)c1)N1CCc2ccccc2C1. The van der Waals surface area contributed by atoms with Crippen molar-refractivity contribution in [2.75, 3.05) is 19.3 Å². The third-order valence-corrected chi connectivity index (χ3v) is 5.95. The lowest BCUT2D eigenvalue weighted by atomic mass is 9.98. The number of amides is 1. The highest BCUT2D eigenvalue weighted by Crippen LogP contribution is 2.21. The van der Waals surface area contributed by atoms with Gasteiger partial charge in [0.15, 0.2) is 0 Å². The van der Waals surface area contributed by atoms with E-state index in [-0.39, 0.29) is 5.91 Å². The molecular formula is C22H28N2O2S. The van der Waals surface area contributed by atoms with Crippen LogP contribution in [0.2, 0.25) is 0 Å². The lowest BCUT2D eigenvalue weighted by Gasteiger charge is -2.35. The van der Waals surface area contributed by atoms with Crippen LogP contribution in [0.15, 0.2) is 48.5 Å². The fourth-order valence-electron chi connectivity index (χ4n) is 3.71. The summed E-state index contributed by atoms with van der Waals surface area (Å²) in [7, 11) is -0.910. The van der Waals surface area contributed by atoms with E-state index >= 15 is 0 Å². The molecule has 0 spiro atoms. The Hall–Kier alpha value is -1.98. The first-order valence-corrected chi connectivity index (χ1v) is 11.3. The normalized spacial score (nSPS) is 16.4. The third-order valence-electron chi connectivity index (χ3n) is 5.21. The van der Waals surface area contributed by atoms with Crippen molar-refractivity contribution in [2.24, 2.45) is 0 Å². The molecule has 1 heterocycles. The summed E-state index contributed by atoms with van der Waals surface area (Å²) in [5.74, 6) is 0.418. The van der Waals surface area contributed by atoms with E-state index in [1.165, 1.54) is 11.1 Å². The van der Waals surface area contributed by atoms with Gasteiger partial charge < -0.3 is 5.32 Å². The van der Waals surface area contributed by atoms with E-state index in [4.69, 9.17) is 0 Å². The van der Waals surface area contributed by atoms with E-state index in [2.05, 4.69) is 41.4 Å². The van der Waals surface area contributed by atoms with Crippen molar-refractivity contribution in [1.29, 1.82) is 0 Å². The quantitative estimate of drug-likeness (QED) is 0.798. The first kappa shape index (κ1) is 19.8. The summed E-state index contributed by atoms with van der Waals surface area (Å²) >= 11 is 0. The van der Waals surface area contributed by atoms with Gasteiger partial charge in [0.1, 0.15) is 0 Å². The zero-order valence-corrected chi connectivity index (χ0v) is 16.9. The van der Waals surface area contributed by atoms with Gasteiger partial charge in [-0.15, -0.1) is 0 Å². The number of hydrogen-bond donors (Lipinski definition) is 1. The Morgan fingerprint density at radius 1 is 1.19 bits per heavy atom. The molecule has 0 radical (unpaired) electrons. The minimum atomic E-state index is -0.910. The molecule has 4 nitrogen and oxygen atoms in total. The second-order valence-electron chi connectivity index (χ2n) is 7.18. The predicted molar refractivity (Wildman–Crippen MR) is 111 cm³/mol. The molecule has 5 heteroatoms. The number of fused-ring (bicyclic) bond motifs is 1. The minimum absolute atomic E-state index is 0.0606. The summed E-state index contributed by atoms with van der Waals surface area (Å²) in [4.78, 5) is 15.1. The van der Waals surface area contributed by atoms with E-state index in [9.17, 15) is 9.00 Å². The molecule has 144 valence electrons. The molecular weight excluding hydrogens is 356 g/mol. The molecule has 2 aromatic carbocycles. The molecule has 0 fully saturated rings. The van der Waals surface area contributed by atoms with Crippen LogP contribution in [0.4, 0.5) is 0 Å². The monoisotopic (exact) mass is 384 g/mol. The number of hydrogen-bond acceptors (Lipinski definition) is 3. The van der Waals surface area contributed by atoms with Crippen molar-refractivity contribution in [1.82, 2.24) is 10.2 Å². The van der Waals surface area contributed by atoms with Crippen LogP contribution in [-0.4, -0.2) is 40.4 Å². The number of nitrogens with zero attached hydrogens (tertiary/aromatic N) is 1. The number of nitrogens with one attached hydrogen (secondary N) is 1. The van der Waals surface area contributed by atoms with Crippen molar-refractivity contribution in [3.63, 3.8) is 0 Å². The van der Waals surface area contributed by atoms with Crippen LogP contribution in [0, 0.1) is 0 Å². The van der Waals surface area contributed by atoms with Crippen LogP contribution in [0.5, 0.6) is 0 Å². The summed E-state index contributed by atoms with van der Waals surface area (Å²) in [6.45, 7) is 4.79. The third kappa shape index (κ3) is 5.27. The smallest absolute Gasteiger partial charge is 0.251 e. The standard InChI is InChI=1S/C22H28N2O2S/c1-3-21(24-12-11-18-8-4-5-9-20(18)15-24)14-23-22(25)19-10-6-7-17(13-19)16-27(2)26/h4-10,13,21H,3,11-12,14-16H2,1-2H3,(H,23,25). The topological polar surface area (TPSA) is 49.4 Å². The Balaban J connectivity index is 1.59.